The van der Waals surface area contributed by atoms with Crippen LogP contribution < -0.4 is 5.56 Å². The Hall–Kier alpha value is -1.73. The van der Waals surface area contributed by atoms with Gasteiger partial charge in [0, 0.05) is 25.6 Å². The largest absolute Gasteiger partial charge is 0.396 e. The van der Waals surface area contributed by atoms with Crippen LogP contribution in [0.2, 0.25) is 0 Å². The molecule has 3 rings (SSSR count). The smallest absolute Gasteiger partial charge is 0.262 e. The van der Waals surface area contributed by atoms with Gasteiger partial charge in [-0.1, -0.05) is 0 Å². The van der Waals surface area contributed by atoms with E-state index in [9.17, 15) is 9.59 Å². The molecule has 20 heavy (non-hydrogen) atoms. The minimum atomic E-state index is -0.178. The van der Waals surface area contributed by atoms with Crippen molar-refractivity contribution in [2.45, 2.75) is 13.0 Å². The molecule has 0 bridgehead atoms. The Kier molecular flexibility index (Phi) is 3.54. The molecule has 0 aliphatic carbocycles. The summed E-state index contributed by atoms with van der Waals surface area (Å²) in [5.74, 6) is 0.0626. The van der Waals surface area contributed by atoms with Crippen molar-refractivity contribution >= 4 is 27.5 Å². The molecule has 0 saturated carbocycles. The number of aliphatic hydroxyl groups is 1. The van der Waals surface area contributed by atoms with Gasteiger partial charge in [-0.3, -0.25) is 14.2 Å². The molecule has 2 aromatic heterocycles. The highest BCUT2D eigenvalue weighted by molar-refractivity contribution is 7.16. The minimum absolute atomic E-state index is 0.00969. The fraction of sp³-hybridized carbons (Fsp3) is 0.462. The zero-order valence-corrected chi connectivity index (χ0v) is 11.7. The highest BCUT2D eigenvalue weighted by Crippen LogP contribution is 2.16. The average Bonchev–Trinajstić information content (AvgIpc) is 3.10. The fourth-order valence-electron chi connectivity index (χ4n) is 2.46. The molecule has 1 aliphatic rings. The molecular formula is C13H15N3O3S. The number of aromatic nitrogens is 2. The van der Waals surface area contributed by atoms with E-state index in [4.69, 9.17) is 5.11 Å². The Balaban J connectivity index is 1.78. The second-order valence-corrected chi connectivity index (χ2v) is 5.89. The number of rotatable bonds is 3. The molecule has 106 valence electrons. The van der Waals surface area contributed by atoms with Gasteiger partial charge in [0.2, 0.25) is 5.91 Å². The number of aliphatic hydroxyl groups excluding tert-OH is 1. The Morgan fingerprint density at radius 3 is 3.15 bits per heavy atom. The Bertz CT molecular complexity index is 693. The van der Waals surface area contributed by atoms with E-state index < -0.39 is 0 Å². The maximum Gasteiger partial charge on any atom is 0.262 e. The summed E-state index contributed by atoms with van der Waals surface area (Å²) < 4.78 is 1.35. The molecule has 1 fully saturated rings. The van der Waals surface area contributed by atoms with Gasteiger partial charge in [-0.25, -0.2) is 4.98 Å². The Labute approximate surface area is 119 Å². The summed E-state index contributed by atoms with van der Waals surface area (Å²) in [6, 6.07) is 1.73. The molecule has 1 unspecified atom stereocenters. The van der Waals surface area contributed by atoms with E-state index in [2.05, 4.69) is 4.98 Å². The number of amides is 1. The molecule has 0 aromatic carbocycles. The maximum atomic E-state index is 12.2. The maximum absolute atomic E-state index is 12.2. The molecular weight excluding hydrogens is 278 g/mol. The number of thiophene rings is 1. The van der Waals surface area contributed by atoms with Crippen molar-refractivity contribution < 1.29 is 9.90 Å². The van der Waals surface area contributed by atoms with Crippen molar-refractivity contribution in [3.05, 3.63) is 28.1 Å². The van der Waals surface area contributed by atoms with Crippen molar-refractivity contribution in [2.24, 2.45) is 5.92 Å². The second kappa shape index (κ2) is 5.34. The lowest BCUT2D eigenvalue weighted by Crippen LogP contribution is -2.35. The number of nitrogens with zero attached hydrogens (tertiary/aromatic N) is 3. The minimum Gasteiger partial charge on any atom is -0.396 e. The predicted molar refractivity (Wildman–Crippen MR) is 75.7 cm³/mol. The molecule has 0 radical (unpaired) electrons. The van der Waals surface area contributed by atoms with Gasteiger partial charge in [-0.2, -0.15) is 0 Å². The monoisotopic (exact) mass is 293 g/mol. The Morgan fingerprint density at radius 1 is 1.55 bits per heavy atom. The van der Waals surface area contributed by atoms with E-state index in [1.165, 1.54) is 22.2 Å². The molecule has 1 aliphatic heterocycles. The molecule has 6 nitrogen and oxygen atoms in total. The zero-order valence-electron chi connectivity index (χ0n) is 10.9. The quantitative estimate of drug-likeness (QED) is 0.883. The zero-order chi connectivity index (χ0) is 14.1. The van der Waals surface area contributed by atoms with Crippen molar-refractivity contribution in [2.75, 3.05) is 19.7 Å². The van der Waals surface area contributed by atoms with Crippen LogP contribution in [0, 0.1) is 5.92 Å². The van der Waals surface area contributed by atoms with Crippen LogP contribution in [0.5, 0.6) is 0 Å². The summed E-state index contributed by atoms with van der Waals surface area (Å²) in [5.41, 5.74) is -0.178. The number of hydrogen-bond donors (Lipinski definition) is 1. The van der Waals surface area contributed by atoms with Crippen LogP contribution in [-0.4, -0.2) is 45.2 Å². The van der Waals surface area contributed by atoms with Crippen LogP contribution in [0.15, 0.2) is 22.6 Å². The SMILES string of the molecule is O=C(Cn1cnc2sccc2c1=O)N1CCC(CO)C1. The van der Waals surface area contributed by atoms with Crippen molar-refractivity contribution in [3.8, 4) is 0 Å². The summed E-state index contributed by atoms with van der Waals surface area (Å²) in [7, 11) is 0. The van der Waals surface area contributed by atoms with Gasteiger partial charge in [-0.15, -0.1) is 11.3 Å². The topological polar surface area (TPSA) is 75.4 Å². The lowest BCUT2D eigenvalue weighted by Gasteiger charge is -2.16. The van der Waals surface area contributed by atoms with Crippen LogP contribution in [-0.2, 0) is 11.3 Å². The summed E-state index contributed by atoms with van der Waals surface area (Å²) in [6.07, 6.45) is 2.25. The van der Waals surface area contributed by atoms with Gasteiger partial charge in [0.25, 0.3) is 5.56 Å². The number of hydrogen-bond acceptors (Lipinski definition) is 5. The van der Waals surface area contributed by atoms with Gasteiger partial charge in [0.15, 0.2) is 0 Å². The first-order valence-corrected chi connectivity index (χ1v) is 7.38. The summed E-state index contributed by atoms with van der Waals surface area (Å²) in [5, 5.41) is 11.5. The molecule has 1 saturated heterocycles. The van der Waals surface area contributed by atoms with Crippen LogP contribution in [0.3, 0.4) is 0 Å². The molecule has 0 spiro atoms. The van der Waals surface area contributed by atoms with E-state index in [1.807, 2.05) is 5.38 Å². The lowest BCUT2D eigenvalue weighted by molar-refractivity contribution is -0.131. The van der Waals surface area contributed by atoms with Crippen molar-refractivity contribution in [1.29, 1.82) is 0 Å². The first-order valence-electron chi connectivity index (χ1n) is 6.50. The molecule has 1 N–H and O–H groups in total. The predicted octanol–water partition coefficient (Wildman–Crippen LogP) is 0.299. The van der Waals surface area contributed by atoms with Crippen LogP contribution in [0.4, 0.5) is 0 Å². The molecule has 1 atom stereocenters. The van der Waals surface area contributed by atoms with Crippen LogP contribution in [0.25, 0.3) is 10.2 Å². The highest BCUT2D eigenvalue weighted by atomic mass is 32.1. The summed E-state index contributed by atoms with van der Waals surface area (Å²) in [4.78, 5) is 30.9. The third-order valence-corrected chi connectivity index (χ3v) is 4.47. The number of likely N-dealkylation sites (tertiary alicyclic amines) is 1. The first kappa shape index (κ1) is 13.3. The summed E-state index contributed by atoms with van der Waals surface area (Å²) in [6.45, 7) is 1.33. The number of fused-ring (bicyclic) bond motifs is 1. The van der Waals surface area contributed by atoms with Gasteiger partial charge in [-0.05, 0) is 17.9 Å². The van der Waals surface area contributed by atoms with Gasteiger partial charge < -0.3 is 10.0 Å². The first-order chi connectivity index (χ1) is 9.69. The number of carbonyl (C=O) groups is 1. The van der Waals surface area contributed by atoms with E-state index in [0.717, 1.165) is 6.42 Å². The standard InChI is InChI=1S/C13H15N3O3S/c17-7-9-1-3-15(5-9)11(18)6-16-8-14-12-10(13(16)19)2-4-20-12/h2,4,8-9,17H,1,3,5-7H2. The van der Waals surface area contributed by atoms with Gasteiger partial charge in [0.1, 0.15) is 11.4 Å². The normalized spacial score (nSPS) is 18.9. The van der Waals surface area contributed by atoms with E-state index in [0.29, 0.717) is 23.3 Å². The molecule has 3 heterocycles. The number of carbonyl (C=O) groups excluding carboxylic acids is 1. The molecule has 7 heteroatoms. The van der Waals surface area contributed by atoms with E-state index >= 15 is 0 Å². The Morgan fingerprint density at radius 2 is 2.40 bits per heavy atom. The van der Waals surface area contributed by atoms with Crippen molar-refractivity contribution in [3.63, 3.8) is 0 Å². The van der Waals surface area contributed by atoms with E-state index in [1.54, 1.807) is 11.0 Å². The molecule has 1 amide bonds. The average molecular weight is 293 g/mol. The van der Waals surface area contributed by atoms with Crippen LogP contribution >= 0.6 is 11.3 Å². The second-order valence-electron chi connectivity index (χ2n) is 4.99. The fourth-order valence-corrected chi connectivity index (χ4v) is 3.18. The van der Waals surface area contributed by atoms with Gasteiger partial charge in [0.05, 0.1) is 11.7 Å². The molecule has 2 aromatic rings. The van der Waals surface area contributed by atoms with Crippen LogP contribution in [0.1, 0.15) is 6.42 Å². The lowest BCUT2D eigenvalue weighted by atomic mass is 10.1. The highest BCUT2D eigenvalue weighted by Gasteiger charge is 2.25. The third-order valence-electron chi connectivity index (χ3n) is 3.65. The third kappa shape index (κ3) is 2.34. The summed E-state index contributed by atoms with van der Waals surface area (Å²) >= 11 is 1.41. The van der Waals surface area contributed by atoms with Gasteiger partial charge >= 0.3 is 0 Å². The van der Waals surface area contributed by atoms with E-state index in [-0.39, 0.29) is 30.5 Å². The van der Waals surface area contributed by atoms with Crippen molar-refractivity contribution in [1.82, 2.24) is 14.5 Å².